The van der Waals surface area contributed by atoms with Crippen LogP contribution in [0.4, 0.5) is 0 Å². The molecule has 0 radical (unpaired) electrons. The summed E-state index contributed by atoms with van der Waals surface area (Å²) in [5.74, 6) is 0. The third-order valence-corrected chi connectivity index (χ3v) is 2.96. The summed E-state index contributed by atoms with van der Waals surface area (Å²) >= 11 is 2.38. The van der Waals surface area contributed by atoms with E-state index in [1.165, 1.54) is 24.2 Å². The molecule has 0 saturated carbocycles. The molecular formula is C9H11IN2. The summed E-state index contributed by atoms with van der Waals surface area (Å²) in [4.78, 5) is 4.38. The minimum atomic E-state index is 1.05. The van der Waals surface area contributed by atoms with Crippen molar-refractivity contribution in [2.75, 3.05) is 6.54 Å². The topological polar surface area (TPSA) is 16.1 Å². The fourth-order valence-corrected chi connectivity index (χ4v) is 2.23. The second-order valence-corrected chi connectivity index (χ2v) is 4.42. The van der Waals surface area contributed by atoms with Crippen LogP contribution >= 0.6 is 22.9 Å². The Kier molecular flexibility index (Phi) is 2.60. The molecule has 0 saturated heterocycles. The minimum Gasteiger partial charge on any atom is -0.261 e. The summed E-state index contributed by atoms with van der Waals surface area (Å²) in [6, 6.07) is 4.20. The van der Waals surface area contributed by atoms with Crippen molar-refractivity contribution in [1.82, 2.24) is 8.10 Å². The second kappa shape index (κ2) is 3.70. The predicted molar refractivity (Wildman–Crippen MR) is 57.0 cm³/mol. The lowest BCUT2D eigenvalue weighted by molar-refractivity contribution is 0.510. The van der Waals surface area contributed by atoms with Crippen LogP contribution in [-0.2, 0) is 13.0 Å². The SMILES string of the molecule is IN1CCCc2ncccc2C1. The van der Waals surface area contributed by atoms with E-state index in [-0.39, 0.29) is 0 Å². The number of aromatic nitrogens is 1. The highest BCUT2D eigenvalue weighted by atomic mass is 127. The van der Waals surface area contributed by atoms with Crippen molar-refractivity contribution in [3.05, 3.63) is 29.6 Å². The Balaban J connectivity index is 2.31. The number of halogens is 1. The Morgan fingerprint density at radius 2 is 2.42 bits per heavy atom. The predicted octanol–water partition coefficient (Wildman–Crippen LogP) is 2.18. The number of hydrogen-bond donors (Lipinski definition) is 0. The van der Waals surface area contributed by atoms with Gasteiger partial charge in [0.2, 0.25) is 0 Å². The van der Waals surface area contributed by atoms with Crippen LogP contribution in [0.5, 0.6) is 0 Å². The van der Waals surface area contributed by atoms with E-state index in [9.17, 15) is 0 Å². The van der Waals surface area contributed by atoms with Crippen molar-refractivity contribution in [3.63, 3.8) is 0 Å². The van der Waals surface area contributed by atoms with Crippen LogP contribution in [0.1, 0.15) is 17.7 Å². The van der Waals surface area contributed by atoms with Gasteiger partial charge in [-0.3, -0.25) is 4.98 Å². The van der Waals surface area contributed by atoms with Gasteiger partial charge in [-0.25, -0.2) is 3.11 Å². The molecule has 2 rings (SSSR count). The molecule has 64 valence electrons. The molecule has 0 unspecified atom stereocenters. The van der Waals surface area contributed by atoms with E-state index in [0.29, 0.717) is 0 Å². The number of fused-ring (bicyclic) bond motifs is 1. The van der Waals surface area contributed by atoms with Gasteiger partial charge in [-0.05, 0) is 24.5 Å². The molecule has 1 aliphatic heterocycles. The Morgan fingerprint density at radius 3 is 3.33 bits per heavy atom. The molecule has 1 aliphatic rings. The van der Waals surface area contributed by atoms with Crippen LogP contribution in [-0.4, -0.2) is 14.6 Å². The standard InChI is InChI=1S/C9H11IN2/c10-12-6-2-4-9-8(7-12)3-1-5-11-9/h1,3,5H,2,4,6-7H2. The molecule has 0 amide bonds. The summed E-state index contributed by atoms with van der Waals surface area (Å²) < 4.78 is 2.32. The lowest BCUT2D eigenvalue weighted by Crippen LogP contribution is -2.09. The Morgan fingerprint density at radius 1 is 1.50 bits per heavy atom. The zero-order valence-corrected chi connectivity index (χ0v) is 8.99. The molecule has 1 aromatic heterocycles. The fourth-order valence-electron chi connectivity index (χ4n) is 1.52. The first-order valence-electron chi connectivity index (χ1n) is 4.20. The van der Waals surface area contributed by atoms with E-state index >= 15 is 0 Å². The molecule has 0 fully saturated rings. The molecule has 0 aromatic carbocycles. The molecule has 1 aromatic rings. The average Bonchev–Trinajstić information content (AvgIpc) is 2.25. The highest BCUT2D eigenvalue weighted by Crippen LogP contribution is 2.18. The van der Waals surface area contributed by atoms with Crippen molar-refractivity contribution in [1.29, 1.82) is 0 Å². The zero-order chi connectivity index (χ0) is 8.39. The van der Waals surface area contributed by atoms with E-state index in [0.717, 1.165) is 13.0 Å². The quantitative estimate of drug-likeness (QED) is 0.532. The van der Waals surface area contributed by atoms with Crippen molar-refractivity contribution in [2.24, 2.45) is 0 Å². The summed E-state index contributed by atoms with van der Waals surface area (Å²) in [6.07, 6.45) is 4.25. The smallest absolute Gasteiger partial charge is 0.0449 e. The number of hydrogen-bond acceptors (Lipinski definition) is 2. The Bertz CT molecular complexity index is 275. The van der Waals surface area contributed by atoms with Crippen LogP contribution < -0.4 is 0 Å². The van der Waals surface area contributed by atoms with Crippen molar-refractivity contribution in [2.45, 2.75) is 19.4 Å². The highest BCUT2D eigenvalue weighted by Gasteiger charge is 2.11. The van der Waals surface area contributed by atoms with Gasteiger partial charge in [0.15, 0.2) is 0 Å². The monoisotopic (exact) mass is 274 g/mol. The molecule has 2 heterocycles. The van der Waals surface area contributed by atoms with Crippen LogP contribution in [0.15, 0.2) is 18.3 Å². The minimum absolute atomic E-state index is 1.05. The first-order valence-corrected chi connectivity index (χ1v) is 5.16. The fraction of sp³-hybridized carbons (Fsp3) is 0.444. The average molecular weight is 274 g/mol. The molecular weight excluding hydrogens is 263 g/mol. The van der Waals surface area contributed by atoms with Crippen LogP contribution in [0.2, 0.25) is 0 Å². The van der Waals surface area contributed by atoms with Gasteiger partial charge in [-0.2, -0.15) is 0 Å². The van der Waals surface area contributed by atoms with Gasteiger partial charge in [0.25, 0.3) is 0 Å². The van der Waals surface area contributed by atoms with Crippen LogP contribution in [0.25, 0.3) is 0 Å². The van der Waals surface area contributed by atoms with Gasteiger partial charge in [-0.1, -0.05) is 6.07 Å². The Labute approximate surface area is 86.5 Å². The summed E-state index contributed by atoms with van der Waals surface area (Å²) in [5, 5.41) is 0. The van der Waals surface area contributed by atoms with Gasteiger partial charge in [0, 0.05) is 47.8 Å². The van der Waals surface area contributed by atoms with Gasteiger partial charge in [0.05, 0.1) is 0 Å². The number of nitrogens with zero attached hydrogens (tertiary/aromatic N) is 2. The van der Waals surface area contributed by atoms with E-state index in [2.05, 4.69) is 37.0 Å². The summed E-state index contributed by atoms with van der Waals surface area (Å²) in [6.45, 7) is 2.22. The van der Waals surface area contributed by atoms with E-state index < -0.39 is 0 Å². The molecule has 2 nitrogen and oxygen atoms in total. The van der Waals surface area contributed by atoms with Crippen molar-refractivity contribution < 1.29 is 0 Å². The molecule has 0 N–H and O–H groups in total. The maximum absolute atomic E-state index is 4.38. The lowest BCUT2D eigenvalue weighted by Gasteiger charge is -2.09. The van der Waals surface area contributed by atoms with E-state index in [4.69, 9.17) is 0 Å². The van der Waals surface area contributed by atoms with Crippen molar-refractivity contribution in [3.8, 4) is 0 Å². The third-order valence-electron chi connectivity index (χ3n) is 2.14. The number of pyridine rings is 1. The normalized spacial score (nSPS) is 18.4. The van der Waals surface area contributed by atoms with E-state index in [1.807, 2.05) is 12.3 Å². The lowest BCUT2D eigenvalue weighted by atomic mass is 10.1. The van der Waals surface area contributed by atoms with E-state index in [1.54, 1.807) is 0 Å². The molecule has 0 spiro atoms. The number of aryl methyl sites for hydroxylation is 1. The summed E-state index contributed by atoms with van der Waals surface area (Å²) in [7, 11) is 0. The molecule has 0 atom stereocenters. The molecule has 12 heavy (non-hydrogen) atoms. The zero-order valence-electron chi connectivity index (χ0n) is 6.83. The number of rotatable bonds is 0. The van der Waals surface area contributed by atoms with Gasteiger partial charge < -0.3 is 0 Å². The molecule has 0 bridgehead atoms. The largest absolute Gasteiger partial charge is 0.261 e. The highest BCUT2D eigenvalue weighted by molar-refractivity contribution is 14.1. The maximum Gasteiger partial charge on any atom is 0.0449 e. The summed E-state index contributed by atoms with van der Waals surface area (Å²) in [5.41, 5.74) is 2.68. The first-order chi connectivity index (χ1) is 5.86. The first kappa shape index (κ1) is 8.44. The van der Waals surface area contributed by atoms with Gasteiger partial charge in [0.1, 0.15) is 0 Å². The third kappa shape index (κ3) is 1.77. The van der Waals surface area contributed by atoms with Gasteiger partial charge in [-0.15, -0.1) is 0 Å². The van der Waals surface area contributed by atoms with Crippen LogP contribution in [0.3, 0.4) is 0 Å². The van der Waals surface area contributed by atoms with Gasteiger partial charge >= 0.3 is 0 Å². The van der Waals surface area contributed by atoms with Crippen molar-refractivity contribution >= 4 is 22.9 Å². The molecule has 3 heteroatoms. The van der Waals surface area contributed by atoms with Crippen LogP contribution in [0, 0.1) is 0 Å². The second-order valence-electron chi connectivity index (χ2n) is 3.06. The Hall–Kier alpha value is -0.160. The maximum atomic E-state index is 4.38. The molecule has 0 aliphatic carbocycles.